The van der Waals surface area contributed by atoms with Crippen molar-refractivity contribution < 1.29 is 14.6 Å². The van der Waals surface area contributed by atoms with E-state index in [1.165, 1.54) is 0 Å². The molecule has 0 spiro atoms. The van der Waals surface area contributed by atoms with E-state index in [0.29, 0.717) is 30.0 Å². The summed E-state index contributed by atoms with van der Waals surface area (Å²) in [5.74, 6) is 0.514. The van der Waals surface area contributed by atoms with Crippen LogP contribution in [-0.2, 0) is 4.79 Å². The number of methoxy groups -OCH3 is 1. The number of allylic oxidation sites excluding steroid dienone is 2. The number of anilines is 1. The van der Waals surface area contributed by atoms with Crippen LogP contribution in [0.25, 0.3) is 5.57 Å². The number of likely N-dealkylation sites (tertiary alicyclic amines) is 1. The van der Waals surface area contributed by atoms with Gasteiger partial charge in [-0.05, 0) is 37.6 Å². The van der Waals surface area contributed by atoms with E-state index >= 15 is 0 Å². The summed E-state index contributed by atoms with van der Waals surface area (Å²) in [5.41, 5.74) is 2.32. The summed E-state index contributed by atoms with van der Waals surface area (Å²) < 4.78 is 5.31. The van der Waals surface area contributed by atoms with Gasteiger partial charge in [0.1, 0.15) is 5.75 Å². The zero-order valence-corrected chi connectivity index (χ0v) is 14.4. The summed E-state index contributed by atoms with van der Waals surface area (Å²) in [6.45, 7) is 3.52. The molecule has 1 amide bonds. The van der Waals surface area contributed by atoms with Gasteiger partial charge in [0.05, 0.1) is 18.4 Å². The lowest BCUT2D eigenvalue weighted by Crippen LogP contribution is -2.47. The van der Waals surface area contributed by atoms with Crippen molar-refractivity contribution in [3.05, 3.63) is 41.5 Å². The minimum Gasteiger partial charge on any atom is -0.495 e. The van der Waals surface area contributed by atoms with Gasteiger partial charge in [-0.1, -0.05) is 25.1 Å². The molecule has 1 atom stereocenters. The first-order valence-corrected chi connectivity index (χ1v) is 8.29. The van der Waals surface area contributed by atoms with Crippen molar-refractivity contribution in [1.29, 1.82) is 0 Å². The first-order valence-electron chi connectivity index (χ1n) is 8.29. The van der Waals surface area contributed by atoms with Crippen LogP contribution in [0.2, 0.25) is 0 Å². The number of likely N-dealkylation sites (N-methyl/N-ethyl adjacent to an activating group) is 1. The summed E-state index contributed by atoms with van der Waals surface area (Å²) in [7, 11) is 3.61. The van der Waals surface area contributed by atoms with Gasteiger partial charge in [0.15, 0.2) is 0 Å². The second-order valence-corrected chi connectivity index (χ2v) is 6.48. The van der Waals surface area contributed by atoms with E-state index in [0.717, 1.165) is 24.1 Å². The van der Waals surface area contributed by atoms with Gasteiger partial charge in [-0.2, -0.15) is 0 Å². The molecule has 2 N–H and O–H groups in total. The highest BCUT2D eigenvalue weighted by Crippen LogP contribution is 2.39. The summed E-state index contributed by atoms with van der Waals surface area (Å²) in [6, 6.07) is 5.60. The molecule has 1 saturated heterocycles. The maximum atomic E-state index is 12.3. The monoisotopic (exact) mass is 328 g/mol. The molecule has 2 aliphatic rings. The fourth-order valence-corrected chi connectivity index (χ4v) is 3.46. The van der Waals surface area contributed by atoms with Crippen LogP contribution >= 0.6 is 0 Å². The molecule has 0 aromatic heterocycles. The van der Waals surface area contributed by atoms with E-state index in [1.807, 2.05) is 44.3 Å². The Morgan fingerprint density at radius 2 is 2.21 bits per heavy atom. The number of piperidine rings is 1. The molecule has 5 heteroatoms. The predicted molar refractivity (Wildman–Crippen MR) is 95.0 cm³/mol. The third-order valence-electron chi connectivity index (χ3n) is 4.95. The number of hydrogen-bond donors (Lipinski definition) is 2. The average Bonchev–Trinajstić information content (AvgIpc) is 2.89. The molecular weight excluding hydrogens is 304 g/mol. The second-order valence-electron chi connectivity index (χ2n) is 6.48. The fraction of sp³-hybridized carbons (Fsp3) is 0.421. The summed E-state index contributed by atoms with van der Waals surface area (Å²) in [4.78, 5) is 14.5. The van der Waals surface area contributed by atoms with Crippen LogP contribution in [0.5, 0.6) is 5.75 Å². The second kappa shape index (κ2) is 6.42. The SMILES string of the molecule is CC[C@@]1(O)CN(C)CC/C1=C/C=C1\C(=O)Nc2c(OC)cccc21. The van der Waals surface area contributed by atoms with Crippen LogP contribution < -0.4 is 10.1 Å². The number of nitrogens with zero attached hydrogens (tertiary/aromatic N) is 1. The number of nitrogens with one attached hydrogen (secondary N) is 1. The Morgan fingerprint density at radius 1 is 1.42 bits per heavy atom. The molecule has 3 rings (SSSR count). The number of hydrogen-bond acceptors (Lipinski definition) is 4. The highest BCUT2D eigenvalue weighted by atomic mass is 16.5. The number of β-amino-alcohol motifs (C(OH)–C–C–N with tert-alkyl or cyclic N) is 1. The van der Waals surface area contributed by atoms with Crippen LogP contribution in [0.4, 0.5) is 5.69 Å². The van der Waals surface area contributed by atoms with E-state index in [4.69, 9.17) is 4.74 Å². The Balaban J connectivity index is 1.97. The average molecular weight is 328 g/mol. The standard InChI is InChI=1S/C19H24N2O3/c1-4-19(23)12-21(2)11-10-13(19)8-9-15-14-6-5-7-16(24-3)17(14)20-18(15)22/h5-9,23H,4,10-12H2,1-3H3,(H,20,22)/b13-8-,15-9-/t19-/m1/s1. The number of rotatable bonds is 3. The van der Waals surface area contributed by atoms with E-state index in [2.05, 4.69) is 10.2 Å². The maximum absolute atomic E-state index is 12.3. The molecular formula is C19H24N2O3. The molecule has 0 aliphatic carbocycles. The van der Waals surface area contributed by atoms with Crippen molar-refractivity contribution in [2.75, 3.05) is 32.6 Å². The number of ether oxygens (including phenoxy) is 1. The van der Waals surface area contributed by atoms with Gasteiger partial charge >= 0.3 is 0 Å². The van der Waals surface area contributed by atoms with Crippen molar-refractivity contribution in [3.8, 4) is 5.75 Å². The molecule has 128 valence electrons. The largest absolute Gasteiger partial charge is 0.495 e. The van der Waals surface area contributed by atoms with Gasteiger partial charge in [-0.3, -0.25) is 4.79 Å². The van der Waals surface area contributed by atoms with Crippen molar-refractivity contribution in [3.63, 3.8) is 0 Å². The third-order valence-corrected chi connectivity index (χ3v) is 4.95. The summed E-state index contributed by atoms with van der Waals surface area (Å²) in [6.07, 6.45) is 5.20. The van der Waals surface area contributed by atoms with Crippen LogP contribution in [-0.4, -0.2) is 48.8 Å². The molecule has 0 bridgehead atoms. The molecule has 1 aromatic rings. The van der Waals surface area contributed by atoms with E-state index in [-0.39, 0.29) is 5.91 Å². The number of para-hydroxylation sites is 1. The third kappa shape index (κ3) is 2.85. The Labute approximate surface area is 142 Å². The molecule has 24 heavy (non-hydrogen) atoms. The number of fused-ring (bicyclic) bond motifs is 1. The predicted octanol–water partition coefficient (Wildman–Crippen LogP) is 2.43. The first kappa shape index (κ1) is 16.7. The molecule has 0 unspecified atom stereocenters. The number of carbonyl (C=O) groups is 1. The van der Waals surface area contributed by atoms with E-state index in [1.54, 1.807) is 7.11 Å². The smallest absolute Gasteiger partial charge is 0.256 e. The van der Waals surface area contributed by atoms with Gasteiger partial charge in [-0.25, -0.2) is 0 Å². The van der Waals surface area contributed by atoms with Crippen molar-refractivity contribution in [1.82, 2.24) is 4.90 Å². The zero-order valence-electron chi connectivity index (χ0n) is 14.4. The van der Waals surface area contributed by atoms with E-state index in [9.17, 15) is 9.90 Å². The lowest BCUT2D eigenvalue weighted by Gasteiger charge is -2.39. The number of benzene rings is 1. The van der Waals surface area contributed by atoms with Crippen LogP contribution in [0, 0.1) is 0 Å². The van der Waals surface area contributed by atoms with Crippen molar-refractivity contribution in [2.45, 2.75) is 25.4 Å². The molecule has 1 aromatic carbocycles. The number of aliphatic hydroxyl groups is 1. The van der Waals surface area contributed by atoms with Gasteiger partial charge < -0.3 is 20.1 Å². The highest BCUT2D eigenvalue weighted by Gasteiger charge is 2.34. The highest BCUT2D eigenvalue weighted by molar-refractivity contribution is 6.32. The Hall–Kier alpha value is -2.11. The molecule has 2 heterocycles. The molecule has 5 nitrogen and oxygen atoms in total. The summed E-state index contributed by atoms with van der Waals surface area (Å²) >= 11 is 0. The summed E-state index contributed by atoms with van der Waals surface area (Å²) in [5, 5.41) is 13.7. The zero-order chi connectivity index (χ0) is 17.3. The lowest BCUT2D eigenvalue weighted by atomic mass is 9.84. The van der Waals surface area contributed by atoms with Crippen molar-refractivity contribution >= 4 is 17.2 Å². The Bertz CT molecular complexity index is 723. The van der Waals surface area contributed by atoms with Gasteiger partial charge in [0.25, 0.3) is 5.91 Å². The molecule has 0 saturated carbocycles. The van der Waals surface area contributed by atoms with Gasteiger partial charge in [0, 0.05) is 24.2 Å². The van der Waals surface area contributed by atoms with Crippen molar-refractivity contribution in [2.24, 2.45) is 0 Å². The van der Waals surface area contributed by atoms with Crippen LogP contribution in [0.3, 0.4) is 0 Å². The molecule has 2 aliphatic heterocycles. The topological polar surface area (TPSA) is 61.8 Å². The van der Waals surface area contributed by atoms with Crippen LogP contribution in [0.15, 0.2) is 35.9 Å². The quantitative estimate of drug-likeness (QED) is 0.837. The molecule has 1 fully saturated rings. The van der Waals surface area contributed by atoms with Gasteiger partial charge in [-0.15, -0.1) is 0 Å². The van der Waals surface area contributed by atoms with Gasteiger partial charge in [0.2, 0.25) is 0 Å². The normalized spacial score (nSPS) is 27.4. The number of carbonyl (C=O) groups excluding carboxylic acids is 1. The molecule has 0 radical (unpaired) electrons. The minimum absolute atomic E-state index is 0.140. The lowest BCUT2D eigenvalue weighted by molar-refractivity contribution is -0.110. The number of amides is 1. The first-order chi connectivity index (χ1) is 11.5. The van der Waals surface area contributed by atoms with E-state index < -0.39 is 5.60 Å². The minimum atomic E-state index is -0.823. The maximum Gasteiger partial charge on any atom is 0.256 e. The van der Waals surface area contributed by atoms with Crippen LogP contribution in [0.1, 0.15) is 25.3 Å². The Kier molecular flexibility index (Phi) is 4.47. The fourth-order valence-electron chi connectivity index (χ4n) is 3.46. The Morgan fingerprint density at radius 3 is 2.92 bits per heavy atom.